The number of H-pyrrole nitrogens is 1. The quantitative estimate of drug-likeness (QED) is 0.724. The van der Waals surface area contributed by atoms with Crippen LogP contribution in [0.25, 0.3) is 21.8 Å². The van der Waals surface area contributed by atoms with E-state index in [4.69, 9.17) is 0 Å². The van der Waals surface area contributed by atoms with Gasteiger partial charge in [-0.25, -0.2) is 0 Å². The molecular weight excluding hydrogens is 356 g/mol. The molecule has 0 saturated carbocycles. The first-order valence-corrected chi connectivity index (χ1v) is 8.82. The lowest BCUT2D eigenvalue weighted by molar-refractivity contribution is 0.338. The average molecular weight is 375 g/mol. The van der Waals surface area contributed by atoms with E-state index >= 15 is 0 Å². The number of aromatic amines is 1. The van der Waals surface area contributed by atoms with Crippen molar-refractivity contribution in [3.8, 4) is 0 Å². The summed E-state index contributed by atoms with van der Waals surface area (Å²) in [6.07, 6.45) is 2.34. The number of nitrogens with one attached hydrogen (secondary N) is 2. The summed E-state index contributed by atoms with van der Waals surface area (Å²) in [4.78, 5) is 13.1. The number of rotatable bonds is 2. The van der Waals surface area contributed by atoms with Crippen molar-refractivity contribution in [2.75, 3.05) is 13.1 Å². The minimum Gasteiger partial charge on any atom is -0.316 e. The monoisotopic (exact) mass is 374 g/mol. The predicted octanol–water partition coefficient (Wildman–Crippen LogP) is 2.95. The molecule has 4 rings (SSSR count). The molecule has 1 atom stereocenters. The molecule has 0 amide bonds. The molecule has 2 N–H and O–H groups in total. The van der Waals surface area contributed by atoms with E-state index in [1.807, 2.05) is 23.6 Å². The fourth-order valence-corrected chi connectivity index (χ4v) is 3.96. The topological polar surface area (TPSA) is 62.7 Å². The van der Waals surface area contributed by atoms with Crippen LogP contribution >= 0.6 is 15.9 Å². The van der Waals surface area contributed by atoms with Crippen molar-refractivity contribution < 1.29 is 0 Å². The van der Waals surface area contributed by atoms with Crippen LogP contribution < -0.4 is 10.9 Å². The van der Waals surface area contributed by atoms with Crippen molar-refractivity contribution >= 4 is 37.7 Å². The van der Waals surface area contributed by atoms with Crippen LogP contribution in [0.5, 0.6) is 0 Å². The number of hydrogen-bond acceptors (Lipinski definition) is 3. The zero-order valence-corrected chi connectivity index (χ0v) is 14.6. The van der Waals surface area contributed by atoms with Crippen LogP contribution in [0.3, 0.4) is 0 Å². The number of piperidine rings is 1. The summed E-state index contributed by atoms with van der Waals surface area (Å²) in [6, 6.07) is 6.07. The Bertz CT molecular complexity index is 937. The van der Waals surface area contributed by atoms with E-state index in [0.717, 1.165) is 46.2 Å². The maximum atomic E-state index is 13.1. The van der Waals surface area contributed by atoms with Gasteiger partial charge in [-0.05, 0) is 57.0 Å². The lowest BCUT2D eigenvalue weighted by Gasteiger charge is -2.24. The van der Waals surface area contributed by atoms with E-state index in [2.05, 4.69) is 37.5 Å². The summed E-state index contributed by atoms with van der Waals surface area (Å²) in [7, 11) is 0. The molecule has 2 aromatic heterocycles. The van der Waals surface area contributed by atoms with E-state index in [-0.39, 0.29) is 5.56 Å². The Labute approximate surface area is 142 Å². The summed E-state index contributed by atoms with van der Waals surface area (Å²) in [5, 5.41) is 12.5. The van der Waals surface area contributed by atoms with Gasteiger partial charge in [0.2, 0.25) is 0 Å². The third-order valence-electron chi connectivity index (χ3n) is 4.76. The van der Waals surface area contributed by atoms with Gasteiger partial charge in [0.05, 0.1) is 22.1 Å². The van der Waals surface area contributed by atoms with E-state index in [1.165, 1.54) is 12.8 Å². The molecular formula is C17H19BrN4O. The van der Waals surface area contributed by atoms with Crippen LogP contribution in [-0.4, -0.2) is 27.9 Å². The number of hydrogen-bond donors (Lipinski definition) is 2. The highest BCUT2D eigenvalue weighted by Gasteiger charge is 2.19. The van der Waals surface area contributed by atoms with Crippen molar-refractivity contribution in [2.45, 2.75) is 26.3 Å². The molecule has 1 fully saturated rings. The molecule has 1 unspecified atom stereocenters. The van der Waals surface area contributed by atoms with Crippen LogP contribution in [0.4, 0.5) is 0 Å². The molecule has 0 spiro atoms. The van der Waals surface area contributed by atoms with E-state index < -0.39 is 0 Å². The van der Waals surface area contributed by atoms with Gasteiger partial charge in [-0.1, -0.05) is 15.9 Å². The SMILES string of the molecule is Cc1n[nH]c2c1c(=O)n(CC1CCCNC1)c1ccc(Br)cc21. The minimum atomic E-state index is 0.0617. The Kier molecular flexibility index (Phi) is 3.73. The molecule has 0 bridgehead atoms. The molecule has 6 heteroatoms. The van der Waals surface area contributed by atoms with Gasteiger partial charge in [0.1, 0.15) is 0 Å². The Morgan fingerprint density at radius 3 is 3.09 bits per heavy atom. The molecule has 1 aromatic carbocycles. The second kappa shape index (κ2) is 5.76. The van der Waals surface area contributed by atoms with Gasteiger partial charge in [-0.3, -0.25) is 9.89 Å². The normalized spacial score (nSPS) is 18.8. The summed E-state index contributed by atoms with van der Waals surface area (Å²) in [5.41, 5.74) is 2.63. The standard InChI is InChI=1S/C17H19BrN4O/c1-10-15-16(21-20-10)13-7-12(18)4-5-14(13)22(17(15)23)9-11-3-2-6-19-8-11/h4-5,7,11,19H,2-3,6,8-9H2,1H3,(H,20,21). The summed E-state index contributed by atoms with van der Waals surface area (Å²) >= 11 is 3.53. The maximum absolute atomic E-state index is 13.1. The summed E-state index contributed by atoms with van der Waals surface area (Å²) < 4.78 is 2.94. The van der Waals surface area contributed by atoms with E-state index in [0.29, 0.717) is 11.3 Å². The van der Waals surface area contributed by atoms with Crippen LogP contribution in [-0.2, 0) is 6.54 Å². The lowest BCUT2D eigenvalue weighted by atomic mass is 9.99. The number of aromatic nitrogens is 3. The molecule has 3 heterocycles. The number of halogens is 1. The molecule has 0 radical (unpaired) electrons. The first kappa shape index (κ1) is 14.9. The van der Waals surface area contributed by atoms with Crippen molar-refractivity contribution in [1.82, 2.24) is 20.1 Å². The zero-order valence-electron chi connectivity index (χ0n) is 13.0. The number of pyridine rings is 1. The van der Waals surface area contributed by atoms with Gasteiger partial charge in [0.15, 0.2) is 0 Å². The first-order chi connectivity index (χ1) is 11.1. The smallest absolute Gasteiger partial charge is 0.262 e. The second-order valence-electron chi connectivity index (χ2n) is 6.35. The Hall–Kier alpha value is -1.66. The largest absolute Gasteiger partial charge is 0.316 e. The molecule has 23 heavy (non-hydrogen) atoms. The number of fused-ring (bicyclic) bond motifs is 3. The minimum absolute atomic E-state index is 0.0617. The Morgan fingerprint density at radius 1 is 1.43 bits per heavy atom. The molecule has 3 aromatic rings. The van der Waals surface area contributed by atoms with Crippen molar-refractivity contribution in [3.05, 3.63) is 38.7 Å². The highest BCUT2D eigenvalue weighted by Crippen LogP contribution is 2.27. The van der Waals surface area contributed by atoms with Crippen LogP contribution in [0.15, 0.2) is 27.5 Å². The van der Waals surface area contributed by atoms with Gasteiger partial charge >= 0.3 is 0 Å². The van der Waals surface area contributed by atoms with E-state index in [9.17, 15) is 4.79 Å². The molecule has 1 saturated heterocycles. The van der Waals surface area contributed by atoms with Crippen molar-refractivity contribution in [2.24, 2.45) is 5.92 Å². The van der Waals surface area contributed by atoms with E-state index in [1.54, 1.807) is 0 Å². The fourth-order valence-electron chi connectivity index (χ4n) is 3.60. The van der Waals surface area contributed by atoms with Crippen molar-refractivity contribution in [3.63, 3.8) is 0 Å². The first-order valence-electron chi connectivity index (χ1n) is 8.02. The summed E-state index contributed by atoms with van der Waals surface area (Å²) in [6.45, 7) is 4.70. The molecule has 0 aliphatic carbocycles. The van der Waals surface area contributed by atoms with Gasteiger partial charge in [-0.15, -0.1) is 0 Å². The van der Waals surface area contributed by atoms with Crippen LogP contribution in [0, 0.1) is 12.8 Å². The molecule has 5 nitrogen and oxygen atoms in total. The predicted molar refractivity (Wildman–Crippen MR) is 95.9 cm³/mol. The summed E-state index contributed by atoms with van der Waals surface area (Å²) in [5.74, 6) is 0.498. The zero-order chi connectivity index (χ0) is 16.0. The Balaban J connectivity index is 1.97. The maximum Gasteiger partial charge on any atom is 0.262 e. The highest BCUT2D eigenvalue weighted by molar-refractivity contribution is 9.10. The number of aryl methyl sites for hydroxylation is 1. The van der Waals surface area contributed by atoms with Gasteiger partial charge < -0.3 is 9.88 Å². The fraction of sp³-hybridized carbons (Fsp3) is 0.412. The third-order valence-corrected chi connectivity index (χ3v) is 5.26. The third kappa shape index (κ3) is 2.50. The molecule has 1 aliphatic heterocycles. The van der Waals surface area contributed by atoms with Gasteiger partial charge in [0, 0.05) is 16.4 Å². The molecule has 120 valence electrons. The van der Waals surface area contributed by atoms with Gasteiger partial charge in [-0.2, -0.15) is 5.10 Å². The van der Waals surface area contributed by atoms with Gasteiger partial charge in [0.25, 0.3) is 5.56 Å². The number of nitrogens with zero attached hydrogens (tertiary/aromatic N) is 2. The Morgan fingerprint density at radius 2 is 2.30 bits per heavy atom. The lowest BCUT2D eigenvalue weighted by Crippen LogP contribution is -2.35. The van der Waals surface area contributed by atoms with Crippen LogP contribution in [0.2, 0.25) is 0 Å². The molecule has 1 aliphatic rings. The highest BCUT2D eigenvalue weighted by atomic mass is 79.9. The van der Waals surface area contributed by atoms with Crippen LogP contribution in [0.1, 0.15) is 18.5 Å². The second-order valence-corrected chi connectivity index (χ2v) is 7.26. The average Bonchev–Trinajstić information content (AvgIpc) is 2.95. The van der Waals surface area contributed by atoms with Crippen molar-refractivity contribution in [1.29, 1.82) is 0 Å². The number of benzene rings is 1.